The maximum absolute atomic E-state index is 15.0. The summed E-state index contributed by atoms with van der Waals surface area (Å²) in [5.41, 5.74) is 0.799. The van der Waals surface area contributed by atoms with Crippen LogP contribution >= 0.6 is 0 Å². The number of fused-ring (bicyclic) bond motifs is 2. The van der Waals surface area contributed by atoms with Crippen molar-refractivity contribution in [2.75, 3.05) is 5.32 Å². The first-order valence-electron chi connectivity index (χ1n) is 12.2. The molecule has 0 fully saturated rings. The lowest BCUT2D eigenvalue weighted by atomic mass is 10.1. The van der Waals surface area contributed by atoms with Crippen molar-refractivity contribution in [1.29, 1.82) is 0 Å². The van der Waals surface area contributed by atoms with Crippen LogP contribution in [0.4, 0.5) is 14.5 Å². The van der Waals surface area contributed by atoms with Crippen molar-refractivity contribution in [3.8, 4) is 17.2 Å². The number of benzene rings is 3. The molecule has 1 aliphatic heterocycles. The van der Waals surface area contributed by atoms with Crippen molar-refractivity contribution in [2.45, 2.75) is 25.8 Å². The summed E-state index contributed by atoms with van der Waals surface area (Å²) in [5.74, 6) is -1.51. The third-order valence-corrected chi connectivity index (χ3v) is 6.61. The Morgan fingerprint density at radius 2 is 1.74 bits per heavy atom. The van der Waals surface area contributed by atoms with Gasteiger partial charge in [-0.05, 0) is 61.7 Å². The van der Waals surface area contributed by atoms with Gasteiger partial charge in [0.1, 0.15) is 22.8 Å². The Hall–Kier alpha value is -4.79. The van der Waals surface area contributed by atoms with E-state index in [-0.39, 0.29) is 22.7 Å². The average Bonchev–Trinajstić information content (AvgIpc) is 3.22. The molecule has 0 radical (unpaired) electrons. The summed E-state index contributed by atoms with van der Waals surface area (Å²) >= 11 is 0. The zero-order valence-corrected chi connectivity index (χ0v) is 20.2. The summed E-state index contributed by atoms with van der Waals surface area (Å²) in [6, 6.07) is 19.0. The number of pyridine rings is 1. The van der Waals surface area contributed by atoms with E-state index in [4.69, 9.17) is 4.74 Å². The molecule has 5 aromatic rings. The van der Waals surface area contributed by atoms with Gasteiger partial charge >= 0.3 is 0 Å². The molecule has 7 nitrogen and oxygen atoms in total. The number of hydrogen-bond donors (Lipinski definition) is 1. The SMILES string of the molecule is O=C(Nc1ccc(Oc2ccnc3ccccc23)c(F)c1)c1c2n(n(-c3ccccc3F)c1=O)CCCC2. The third kappa shape index (κ3) is 4.11. The zero-order chi connectivity index (χ0) is 26.2. The first kappa shape index (κ1) is 23.6. The number of nitrogens with one attached hydrogen (secondary N) is 1. The van der Waals surface area contributed by atoms with E-state index in [1.165, 1.54) is 35.0 Å². The first-order valence-corrected chi connectivity index (χ1v) is 12.2. The highest BCUT2D eigenvalue weighted by atomic mass is 19.1. The van der Waals surface area contributed by atoms with Gasteiger partial charge in [0.25, 0.3) is 11.5 Å². The van der Waals surface area contributed by atoms with Gasteiger partial charge in [0.05, 0.1) is 11.2 Å². The fourth-order valence-corrected chi connectivity index (χ4v) is 4.85. The normalized spacial score (nSPS) is 12.8. The standard InChI is InChI=1S/C29H22F2N4O3/c30-20-8-2-4-10-23(20)35-29(37)27(24-11-5-6-16-34(24)35)28(36)33-18-12-13-26(21(31)17-18)38-25-14-15-32-22-9-3-1-7-19(22)25/h1-4,7-10,12-15,17H,5-6,11,16H2,(H,33,36). The van der Waals surface area contributed by atoms with Crippen LogP contribution < -0.4 is 15.6 Å². The monoisotopic (exact) mass is 512 g/mol. The molecule has 38 heavy (non-hydrogen) atoms. The van der Waals surface area contributed by atoms with Crippen LogP contribution in [0.1, 0.15) is 28.9 Å². The lowest BCUT2D eigenvalue weighted by Crippen LogP contribution is -2.26. The number of carbonyl (C=O) groups is 1. The highest BCUT2D eigenvalue weighted by Crippen LogP contribution is 2.31. The van der Waals surface area contributed by atoms with Crippen molar-refractivity contribution < 1.29 is 18.3 Å². The van der Waals surface area contributed by atoms with E-state index in [2.05, 4.69) is 10.3 Å². The predicted octanol–water partition coefficient (Wildman–Crippen LogP) is 5.85. The van der Waals surface area contributed by atoms with Gasteiger partial charge in [-0.15, -0.1) is 0 Å². The molecule has 0 atom stereocenters. The van der Waals surface area contributed by atoms with Crippen LogP contribution in [0.25, 0.3) is 16.6 Å². The van der Waals surface area contributed by atoms with Crippen LogP contribution in [-0.2, 0) is 13.0 Å². The fraction of sp³-hybridized carbons (Fsp3) is 0.138. The Labute approximate surface area is 215 Å². The highest BCUT2D eigenvalue weighted by Gasteiger charge is 2.28. The number of nitrogens with zero attached hydrogens (tertiary/aromatic N) is 3. The minimum Gasteiger partial charge on any atom is -0.454 e. The second-order valence-corrected chi connectivity index (χ2v) is 9.00. The average molecular weight is 513 g/mol. The quantitative estimate of drug-likeness (QED) is 0.321. The minimum absolute atomic E-state index is 0.0255. The molecule has 190 valence electrons. The summed E-state index contributed by atoms with van der Waals surface area (Å²) in [5, 5.41) is 3.36. The zero-order valence-electron chi connectivity index (χ0n) is 20.2. The molecule has 0 spiro atoms. The van der Waals surface area contributed by atoms with Crippen molar-refractivity contribution in [3.05, 3.63) is 112 Å². The van der Waals surface area contributed by atoms with Gasteiger partial charge in [-0.3, -0.25) is 19.3 Å². The predicted molar refractivity (Wildman–Crippen MR) is 139 cm³/mol. The van der Waals surface area contributed by atoms with Gasteiger partial charge in [-0.2, -0.15) is 0 Å². The molecule has 9 heteroatoms. The summed E-state index contributed by atoms with van der Waals surface area (Å²) in [6.07, 6.45) is 3.68. The molecule has 0 bridgehead atoms. The van der Waals surface area contributed by atoms with Gasteiger partial charge < -0.3 is 10.1 Å². The maximum atomic E-state index is 15.0. The lowest BCUT2D eigenvalue weighted by molar-refractivity contribution is 0.102. The van der Waals surface area contributed by atoms with Gasteiger partial charge in [0, 0.05) is 29.9 Å². The number of carbonyl (C=O) groups excluding carboxylic acids is 1. The number of para-hydroxylation sites is 2. The molecule has 2 aromatic heterocycles. The first-order chi connectivity index (χ1) is 18.5. The van der Waals surface area contributed by atoms with Gasteiger partial charge in [0.15, 0.2) is 11.6 Å². The number of rotatable bonds is 5. The highest BCUT2D eigenvalue weighted by molar-refractivity contribution is 6.05. The van der Waals surface area contributed by atoms with Crippen molar-refractivity contribution in [2.24, 2.45) is 0 Å². The number of amides is 1. The number of halogens is 2. The van der Waals surface area contributed by atoms with E-state index >= 15 is 4.39 Å². The largest absolute Gasteiger partial charge is 0.454 e. The van der Waals surface area contributed by atoms with Gasteiger partial charge in [-0.1, -0.05) is 24.3 Å². The molecule has 6 rings (SSSR count). The van der Waals surface area contributed by atoms with E-state index in [0.29, 0.717) is 29.9 Å². The summed E-state index contributed by atoms with van der Waals surface area (Å²) in [6.45, 7) is 0.483. The second kappa shape index (κ2) is 9.59. The molecule has 1 amide bonds. The van der Waals surface area contributed by atoms with Crippen LogP contribution in [0.15, 0.2) is 83.8 Å². The topological polar surface area (TPSA) is 78.2 Å². The molecular formula is C29H22F2N4O3. The second-order valence-electron chi connectivity index (χ2n) is 9.00. The summed E-state index contributed by atoms with van der Waals surface area (Å²) in [7, 11) is 0. The Bertz CT molecular complexity index is 1750. The Morgan fingerprint density at radius 3 is 2.58 bits per heavy atom. The molecule has 0 saturated heterocycles. The molecule has 0 unspecified atom stereocenters. The molecule has 0 aliphatic carbocycles. The smallest absolute Gasteiger partial charge is 0.284 e. The van der Waals surface area contributed by atoms with Crippen molar-refractivity contribution >= 4 is 22.5 Å². The van der Waals surface area contributed by atoms with Crippen LogP contribution in [0.3, 0.4) is 0 Å². The van der Waals surface area contributed by atoms with Gasteiger partial charge in [0.2, 0.25) is 0 Å². The van der Waals surface area contributed by atoms with Crippen LogP contribution in [0.5, 0.6) is 11.5 Å². The van der Waals surface area contributed by atoms with E-state index in [9.17, 15) is 14.0 Å². The van der Waals surface area contributed by atoms with E-state index in [0.717, 1.165) is 24.3 Å². The third-order valence-electron chi connectivity index (χ3n) is 6.61. The van der Waals surface area contributed by atoms with Crippen LogP contribution in [0.2, 0.25) is 0 Å². The fourth-order valence-electron chi connectivity index (χ4n) is 4.85. The van der Waals surface area contributed by atoms with E-state index < -0.39 is 23.1 Å². The van der Waals surface area contributed by atoms with E-state index in [1.807, 2.05) is 24.3 Å². The Morgan fingerprint density at radius 1 is 0.921 bits per heavy atom. The summed E-state index contributed by atoms with van der Waals surface area (Å²) in [4.78, 5) is 30.9. The number of aromatic nitrogens is 3. The van der Waals surface area contributed by atoms with Crippen molar-refractivity contribution in [3.63, 3.8) is 0 Å². The number of anilines is 1. The molecule has 3 aromatic carbocycles. The maximum Gasteiger partial charge on any atom is 0.284 e. The minimum atomic E-state index is -0.689. The lowest BCUT2D eigenvalue weighted by Gasteiger charge is -2.19. The number of ether oxygens (including phenoxy) is 1. The Balaban J connectivity index is 1.30. The molecule has 3 heterocycles. The summed E-state index contributed by atoms with van der Waals surface area (Å²) < 4.78 is 38.3. The molecule has 0 saturated carbocycles. The molecule has 1 aliphatic rings. The molecule has 1 N–H and O–H groups in total. The van der Waals surface area contributed by atoms with Crippen LogP contribution in [-0.4, -0.2) is 20.3 Å². The van der Waals surface area contributed by atoms with Crippen LogP contribution in [0, 0.1) is 11.6 Å². The van der Waals surface area contributed by atoms with E-state index in [1.54, 1.807) is 23.0 Å². The number of hydrogen-bond acceptors (Lipinski definition) is 4. The van der Waals surface area contributed by atoms with Gasteiger partial charge in [-0.25, -0.2) is 13.5 Å². The Kier molecular flexibility index (Phi) is 5.95. The molecular weight excluding hydrogens is 490 g/mol. The van der Waals surface area contributed by atoms with Crippen molar-refractivity contribution in [1.82, 2.24) is 14.3 Å².